The number of piperidine rings is 2. The Morgan fingerprint density at radius 2 is 1.03 bits per heavy atom. The fourth-order valence-corrected chi connectivity index (χ4v) is 3.58. The Bertz CT molecular complexity index is 613. The molecule has 2 aliphatic heterocycles. The number of primary amides is 1. The van der Waals surface area contributed by atoms with E-state index in [1.165, 1.54) is 0 Å². The third kappa shape index (κ3) is 12.1. The predicted molar refractivity (Wildman–Crippen MR) is 134 cm³/mol. The zero-order chi connectivity index (χ0) is 24.7. The molecule has 0 radical (unpaired) electrons. The highest BCUT2D eigenvalue weighted by atomic mass is 32.1. The average molecular weight is 489 g/mol. The summed E-state index contributed by atoms with van der Waals surface area (Å²) in [7, 11) is 0. The van der Waals surface area contributed by atoms with E-state index in [0.717, 1.165) is 12.8 Å². The molecule has 2 saturated heterocycles. The van der Waals surface area contributed by atoms with E-state index < -0.39 is 11.2 Å². The van der Waals surface area contributed by atoms with Crippen molar-refractivity contribution in [3.8, 4) is 0 Å². The van der Waals surface area contributed by atoms with E-state index in [9.17, 15) is 14.4 Å². The molecule has 0 aromatic heterocycles. The molecule has 3 amide bonds. The van der Waals surface area contributed by atoms with Crippen molar-refractivity contribution in [2.24, 2.45) is 23.3 Å². The number of nitrogens with two attached hydrogens (primary N) is 2. The van der Waals surface area contributed by atoms with Crippen LogP contribution in [0.2, 0.25) is 0 Å². The van der Waals surface area contributed by atoms with Gasteiger partial charge in [-0.3, -0.25) is 4.79 Å². The molecule has 0 aliphatic carbocycles. The quantitative estimate of drug-likeness (QED) is 0.567. The van der Waals surface area contributed by atoms with Gasteiger partial charge < -0.3 is 30.7 Å². The molecule has 2 heterocycles. The Balaban J connectivity index is 0.000000602. The molecule has 4 N–H and O–H groups in total. The molecule has 0 atom stereocenters. The van der Waals surface area contributed by atoms with Crippen molar-refractivity contribution < 1.29 is 23.9 Å². The first kappa shape index (κ1) is 30.9. The van der Waals surface area contributed by atoms with Crippen LogP contribution in [0.25, 0.3) is 0 Å². The van der Waals surface area contributed by atoms with Crippen LogP contribution in [0.3, 0.4) is 0 Å². The van der Waals surface area contributed by atoms with Crippen LogP contribution in [0.15, 0.2) is 0 Å². The molecule has 2 aliphatic rings. The van der Waals surface area contributed by atoms with Crippen molar-refractivity contribution in [1.29, 1.82) is 0 Å². The maximum Gasteiger partial charge on any atom is 0.410 e. The Kier molecular flexibility index (Phi) is 12.1. The van der Waals surface area contributed by atoms with Crippen LogP contribution in [-0.4, -0.2) is 70.3 Å². The monoisotopic (exact) mass is 488 g/mol. The Morgan fingerprint density at radius 1 is 0.727 bits per heavy atom. The molecule has 9 nitrogen and oxygen atoms in total. The minimum absolute atomic E-state index is 0. The number of carbonyl (C=O) groups is 3. The van der Waals surface area contributed by atoms with Gasteiger partial charge in [0.25, 0.3) is 0 Å². The van der Waals surface area contributed by atoms with Gasteiger partial charge in [-0.25, -0.2) is 9.59 Å². The van der Waals surface area contributed by atoms with Crippen LogP contribution in [0, 0.1) is 11.8 Å². The summed E-state index contributed by atoms with van der Waals surface area (Å²) in [5.74, 6) is -0.101. The molecule has 0 spiro atoms. The number of thiocarbonyl (C=S) groups is 1. The third-order valence-corrected chi connectivity index (χ3v) is 5.43. The van der Waals surface area contributed by atoms with E-state index in [1.54, 1.807) is 9.80 Å². The minimum Gasteiger partial charge on any atom is -0.444 e. The summed E-state index contributed by atoms with van der Waals surface area (Å²) in [4.78, 5) is 38.3. The highest BCUT2D eigenvalue weighted by Gasteiger charge is 2.29. The minimum atomic E-state index is -0.475. The lowest BCUT2D eigenvalue weighted by Crippen LogP contribution is -2.43. The van der Waals surface area contributed by atoms with Crippen LogP contribution < -0.4 is 11.5 Å². The summed E-state index contributed by atoms with van der Waals surface area (Å²) in [6.07, 6.45) is 2.40. The van der Waals surface area contributed by atoms with Gasteiger partial charge in [-0.15, -0.1) is 0 Å². The van der Waals surface area contributed by atoms with Crippen LogP contribution in [0.5, 0.6) is 0 Å². The first-order valence-electron chi connectivity index (χ1n) is 11.1. The molecule has 2 fully saturated rings. The number of ether oxygens (including phenoxy) is 2. The molecule has 0 saturated carbocycles. The van der Waals surface area contributed by atoms with Crippen LogP contribution in [0.1, 0.15) is 74.7 Å². The number of hydrogen-bond donors (Lipinski definition) is 2. The molecule has 0 aromatic rings. The molecular formula is C23H44N4O5S. The molecule has 0 aromatic carbocycles. The molecule has 0 bridgehead atoms. The topological polar surface area (TPSA) is 128 Å². The lowest BCUT2D eigenvalue weighted by molar-refractivity contribution is -0.123. The number of rotatable bonds is 2. The summed E-state index contributed by atoms with van der Waals surface area (Å²) in [5.41, 5.74) is 9.90. The van der Waals surface area contributed by atoms with Gasteiger partial charge in [0.1, 0.15) is 11.2 Å². The summed E-state index contributed by atoms with van der Waals surface area (Å²) in [6.45, 7) is 13.5. The molecular weight excluding hydrogens is 444 g/mol. The van der Waals surface area contributed by atoms with E-state index in [-0.39, 0.29) is 37.4 Å². The summed E-state index contributed by atoms with van der Waals surface area (Å²) in [5, 5.41) is 0. The van der Waals surface area contributed by atoms with Crippen LogP contribution in [0.4, 0.5) is 9.59 Å². The first-order valence-corrected chi connectivity index (χ1v) is 11.5. The second kappa shape index (κ2) is 13.0. The Labute approximate surface area is 204 Å². The van der Waals surface area contributed by atoms with Gasteiger partial charge in [-0.05, 0) is 67.2 Å². The SMILES string of the molecule is C.CC(C)(C)OC(=O)N1CCC(C(N)=O)CC1.CC(C)(C)OC(=O)N1CCC(C(N)=S)CC1. The highest BCUT2D eigenvalue weighted by Crippen LogP contribution is 2.20. The van der Waals surface area contributed by atoms with Crippen molar-refractivity contribution in [3.63, 3.8) is 0 Å². The van der Waals surface area contributed by atoms with Gasteiger partial charge in [0.05, 0.1) is 4.99 Å². The lowest BCUT2D eigenvalue weighted by Gasteiger charge is -2.33. The molecule has 2 rings (SSSR count). The fourth-order valence-electron chi connectivity index (χ4n) is 3.35. The van der Waals surface area contributed by atoms with Gasteiger partial charge in [0, 0.05) is 38.0 Å². The van der Waals surface area contributed by atoms with Crippen molar-refractivity contribution in [2.45, 2.75) is 85.9 Å². The second-order valence-corrected chi connectivity index (χ2v) is 10.8. The standard InChI is InChI=1S/C11H20N2O3.C11H20N2O2S.CH4/c1-11(2,3)16-10(15)13-6-4-8(5-7-13)9(12)14;1-11(2,3)15-10(14)13-6-4-8(5-7-13)9(12)16;/h8H,4-7H2,1-3H3,(H2,12,14);8H,4-7H2,1-3H3,(H2,12,16);1H4. The fraction of sp³-hybridized carbons (Fsp3) is 0.826. The average Bonchev–Trinajstić information content (AvgIpc) is 2.66. The van der Waals surface area contributed by atoms with E-state index in [4.69, 9.17) is 33.2 Å². The zero-order valence-electron chi connectivity index (χ0n) is 20.3. The van der Waals surface area contributed by atoms with Gasteiger partial charge >= 0.3 is 12.2 Å². The summed E-state index contributed by atoms with van der Waals surface area (Å²) in [6, 6.07) is 0. The number of amides is 3. The number of nitrogens with zero attached hydrogens (tertiary/aromatic N) is 2. The van der Waals surface area contributed by atoms with Crippen LogP contribution in [-0.2, 0) is 14.3 Å². The predicted octanol–water partition coefficient (Wildman–Crippen LogP) is 3.67. The maximum absolute atomic E-state index is 11.7. The first-order chi connectivity index (χ1) is 14.6. The molecule has 10 heteroatoms. The summed E-state index contributed by atoms with van der Waals surface area (Å²) >= 11 is 4.95. The second-order valence-electron chi connectivity index (χ2n) is 10.3. The lowest BCUT2D eigenvalue weighted by atomic mass is 9.97. The highest BCUT2D eigenvalue weighted by molar-refractivity contribution is 7.80. The smallest absolute Gasteiger partial charge is 0.410 e. The van der Waals surface area contributed by atoms with Crippen molar-refractivity contribution in [3.05, 3.63) is 0 Å². The Hall–Kier alpha value is -2.10. The van der Waals surface area contributed by atoms with E-state index >= 15 is 0 Å². The van der Waals surface area contributed by atoms with Crippen molar-refractivity contribution >= 4 is 35.3 Å². The number of likely N-dealkylation sites (tertiary alicyclic amines) is 2. The van der Waals surface area contributed by atoms with Gasteiger partial charge in [0.15, 0.2) is 0 Å². The Morgan fingerprint density at radius 3 is 1.27 bits per heavy atom. The molecule has 0 unspecified atom stereocenters. The largest absolute Gasteiger partial charge is 0.444 e. The van der Waals surface area contributed by atoms with E-state index in [1.807, 2.05) is 41.5 Å². The zero-order valence-corrected chi connectivity index (χ0v) is 21.1. The van der Waals surface area contributed by atoms with Crippen molar-refractivity contribution in [1.82, 2.24) is 9.80 Å². The van der Waals surface area contributed by atoms with Gasteiger partial charge in [-0.2, -0.15) is 0 Å². The van der Waals surface area contributed by atoms with E-state index in [2.05, 4.69) is 0 Å². The normalized spacial score (nSPS) is 17.8. The summed E-state index contributed by atoms with van der Waals surface area (Å²) < 4.78 is 10.5. The van der Waals surface area contributed by atoms with Crippen LogP contribution >= 0.6 is 12.2 Å². The number of carbonyl (C=O) groups excluding carboxylic acids is 3. The van der Waals surface area contributed by atoms with Gasteiger partial charge in [-0.1, -0.05) is 19.6 Å². The molecule has 33 heavy (non-hydrogen) atoms. The maximum atomic E-state index is 11.7. The van der Waals surface area contributed by atoms with E-state index in [0.29, 0.717) is 44.0 Å². The number of hydrogen-bond acceptors (Lipinski definition) is 6. The van der Waals surface area contributed by atoms with Gasteiger partial charge in [0.2, 0.25) is 5.91 Å². The van der Waals surface area contributed by atoms with Crippen molar-refractivity contribution in [2.75, 3.05) is 26.2 Å². The third-order valence-electron chi connectivity index (χ3n) is 5.10. The molecule has 192 valence electrons.